The molecule has 2 aliphatic rings. The van der Waals surface area contributed by atoms with Crippen molar-refractivity contribution in [3.05, 3.63) is 64.7 Å². The van der Waals surface area contributed by atoms with E-state index in [1.165, 1.54) is 6.07 Å². The van der Waals surface area contributed by atoms with E-state index in [0.717, 1.165) is 31.9 Å². The summed E-state index contributed by atoms with van der Waals surface area (Å²) in [5.41, 5.74) is 7.91. The van der Waals surface area contributed by atoms with Crippen molar-refractivity contribution in [2.24, 2.45) is 5.73 Å². The average molecular weight is 418 g/mol. The first-order valence-corrected chi connectivity index (χ1v) is 10.0. The Bertz CT molecular complexity index is 938. The zero-order valence-corrected chi connectivity index (χ0v) is 16.7. The molecule has 1 unspecified atom stereocenters. The molecule has 2 heterocycles. The molecular formula is C22H25F3N4O. The van der Waals surface area contributed by atoms with Crippen molar-refractivity contribution in [2.45, 2.75) is 24.7 Å². The number of halogens is 3. The molecule has 2 aliphatic heterocycles. The molecule has 160 valence electrons. The number of alkyl halides is 3. The van der Waals surface area contributed by atoms with Crippen LogP contribution in [0.15, 0.2) is 42.5 Å². The fourth-order valence-electron chi connectivity index (χ4n) is 4.39. The topological polar surface area (TPSA) is 61.6 Å². The second-order valence-corrected chi connectivity index (χ2v) is 8.04. The molecule has 3 N–H and O–H groups in total. The predicted octanol–water partition coefficient (Wildman–Crippen LogP) is 3.03. The highest BCUT2D eigenvalue weighted by molar-refractivity contribution is 5.93. The molecule has 0 saturated carbocycles. The number of fused-ring (bicyclic) bond motifs is 1. The van der Waals surface area contributed by atoms with Crippen LogP contribution < -0.4 is 16.0 Å². The van der Waals surface area contributed by atoms with Gasteiger partial charge < -0.3 is 20.9 Å². The summed E-state index contributed by atoms with van der Waals surface area (Å²) < 4.78 is 42.7. The van der Waals surface area contributed by atoms with Crippen LogP contribution in [-0.4, -0.2) is 50.2 Å². The number of likely N-dealkylation sites (N-methyl/N-ethyl adjacent to an activating group) is 1. The number of nitrogens with zero attached hydrogens (tertiary/aromatic N) is 2. The van der Waals surface area contributed by atoms with Crippen molar-refractivity contribution in [3.63, 3.8) is 0 Å². The second-order valence-electron chi connectivity index (χ2n) is 8.04. The van der Waals surface area contributed by atoms with Gasteiger partial charge in [0.05, 0.1) is 5.92 Å². The first-order valence-electron chi connectivity index (χ1n) is 10.0. The third kappa shape index (κ3) is 4.02. The predicted molar refractivity (Wildman–Crippen MR) is 109 cm³/mol. The molecular weight excluding hydrogens is 393 g/mol. The molecule has 5 nitrogen and oxygen atoms in total. The maximum absolute atomic E-state index is 14.2. The molecule has 0 spiro atoms. The van der Waals surface area contributed by atoms with E-state index in [-0.39, 0.29) is 12.1 Å². The average Bonchev–Trinajstić information content (AvgIpc) is 3.10. The van der Waals surface area contributed by atoms with Gasteiger partial charge in [-0.3, -0.25) is 4.79 Å². The second kappa shape index (κ2) is 7.92. The van der Waals surface area contributed by atoms with E-state index >= 15 is 0 Å². The number of hydrogen-bond donors (Lipinski definition) is 2. The molecule has 2 aromatic rings. The summed E-state index contributed by atoms with van der Waals surface area (Å²) in [6.07, 6.45) is -4.43. The number of carbonyl (C=O) groups excluding carboxylic acids is 1. The van der Waals surface area contributed by atoms with Gasteiger partial charge in [-0.25, -0.2) is 0 Å². The smallest absolute Gasteiger partial charge is 0.369 e. The number of nitrogens with two attached hydrogens (primary N) is 1. The van der Waals surface area contributed by atoms with Crippen molar-refractivity contribution >= 4 is 11.6 Å². The molecule has 1 amide bonds. The highest BCUT2D eigenvalue weighted by Gasteiger charge is 2.48. The molecule has 1 fully saturated rings. The summed E-state index contributed by atoms with van der Waals surface area (Å²) in [5, 5.41) is 3.01. The van der Waals surface area contributed by atoms with Crippen molar-refractivity contribution < 1.29 is 18.0 Å². The van der Waals surface area contributed by atoms with E-state index in [1.807, 2.05) is 13.1 Å². The van der Waals surface area contributed by atoms with Crippen molar-refractivity contribution in [2.75, 3.05) is 38.1 Å². The Kier molecular flexibility index (Phi) is 5.46. The van der Waals surface area contributed by atoms with Crippen LogP contribution in [0.3, 0.4) is 0 Å². The third-order valence-corrected chi connectivity index (χ3v) is 6.06. The number of amides is 1. The van der Waals surface area contributed by atoms with Crippen LogP contribution in [0.25, 0.3) is 0 Å². The Hall–Kier alpha value is -2.58. The lowest BCUT2D eigenvalue weighted by Gasteiger charge is -2.35. The Morgan fingerprint density at radius 2 is 1.87 bits per heavy atom. The summed E-state index contributed by atoms with van der Waals surface area (Å²) in [6.45, 7) is 3.61. The van der Waals surface area contributed by atoms with Crippen molar-refractivity contribution in [1.82, 2.24) is 10.2 Å². The highest BCUT2D eigenvalue weighted by Crippen LogP contribution is 2.47. The molecule has 1 saturated heterocycles. The van der Waals surface area contributed by atoms with E-state index in [2.05, 4.69) is 15.1 Å². The third-order valence-electron chi connectivity index (χ3n) is 6.06. The van der Waals surface area contributed by atoms with Crippen LogP contribution >= 0.6 is 0 Å². The minimum absolute atomic E-state index is 0.239. The van der Waals surface area contributed by atoms with E-state index in [9.17, 15) is 18.0 Å². The van der Waals surface area contributed by atoms with Gasteiger partial charge in [-0.15, -0.1) is 0 Å². The quantitative estimate of drug-likeness (QED) is 0.801. The SMILES string of the molecule is CN1CCN(c2cccc([C@H](C3NCc4cc(C(N)=O)ccc43)C(F)(F)F)c2)CC1. The summed E-state index contributed by atoms with van der Waals surface area (Å²) in [7, 11) is 2.04. The number of nitrogens with one attached hydrogen (secondary N) is 1. The molecule has 2 aromatic carbocycles. The number of piperazine rings is 1. The summed E-state index contributed by atoms with van der Waals surface area (Å²) in [4.78, 5) is 15.8. The van der Waals surface area contributed by atoms with Crippen LogP contribution in [0.1, 0.15) is 39.0 Å². The first kappa shape index (κ1) is 20.7. The van der Waals surface area contributed by atoms with Gasteiger partial charge in [0, 0.05) is 50.0 Å². The zero-order valence-electron chi connectivity index (χ0n) is 16.7. The number of anilines is 1. The Morgan fingerprint density at radius 3 is 2.53 bits per heavy atom. The lowest BCUT2D eigenvalue weighted by molar-refractivity contribution is -0.157. The maximum Gasteiger partial charge on any atom is 0.397 e. The van der Waals surface area contributed by atoms with Crippen molar-refractivity contribution in [1.29, 1.82) is 0 Å². The number of carbonyl (C=O) groups is 1. The van der Waals surface area contributed by atoms with E-state index in [1.54, 1.807) is 30.3 Å². The molecule has 0 bridgehead atoms. The molecule has 30 heavy (non-hydrogen) atoms. The summed E-state index contributed by atoms with van der Waals surface area (Å²) >= 11 is 0. The lowest BCUT2D eigenvalue weighted by Crippen LogP contribution is -2.44. The van der Waals surface area contributed by atoms with Gasteiger partial charge in [0.2, 0.25) is 5.91 Å². The van der Waals surface area contributed by atoms with E-state index in [0.29, 0.717) is 16.7 Å². The largest absolute Gasteiger partial charge is 0.397 e. The van der Waals surface area contributed by atoms with Gasteiger partial charge in [-0.1, -0.05) is 18.2 Å². The maximum atomic E-state index is 14.2. The number of primary amides is 1. The lowest BCUT2D eigenvalue weighted by atomic mass is 9.86. The first-order chi connectivity index (χ1) is 14.2. The fraction of sp³-hybridized carbons (Fsp3) is 0.409. The van der Waals surface area contributed by atoms with Gasteiger partial charge in [0.25, 0.3) is 0 Å². The van der Waals surface area contributed by atoms with Crippen LogP contribution in [0, 0.1) is 0 Å². The highest BCUT2D eigenvalue weighted by atomic mass is 19.4. The molecule has 2 atom stereocenters. The Balaban J connectivity index is 1.67. The van der Waals surface area contributed by atoms with E-state index in [4.69, 9.17) is 5.73 Å². The van der Waals surface area contributed by atoms with Gasteiger partial charge in [-0.05, 0) is 48.0 Å². The Labute approximate surface area is 173 Å². The zero-order chi connectivity index (χ0) is 21.5. The van der Waals surface area contributed by atoms with Gasteiger partial charge in [0.15, 0.2) is 0 Å². The molecule has 4 rings (SSSR count). The van der Waals surface area contributed by atoms with Crippen LogP contribution in [-0.2, 0) is 6.54 Å². The molecule has 0 radical (unpaired) electrons. The summed E-state index contributed by atoms with van der Waals surface area (Å²) in [6, 6.07) is 10.5. The number of rotatable bonds is 4. The van der Waals surface area contributed by atoms with Crippen LogP contribution in [0.2, 0.25) is 0 Å². The monoisotopic (exact) mass is 418 g/mol. The minimum Gasteiger partial charge on any atom is -0.369 e. The van der Waals surface area contributed by atoms with Gasteiger partial charge in [-0.2, -0.15) is 13.2 Å². The number of hydrogen-bond acceptors (Lipinski definition) is 4. The van der Waals surface area contributed by atoms with E-state index < -0.39 is 24.0 Å². The van der Waals surface area contributed by atoms with Crippen LogP contribution in [0.4, 0.5) is 18.9 Å². The van der Waals surface area contributed by atoms with Gasteiger partial charge >= 0.3 is 6.18 Å². The fourth-order valence-corrected chi connectivity index (χ4v) is 4.39. The number of benzene rings is 2. The summed E-state index contributed by atoms with van der Waals surface area (Å²) in [5.74, 6) is -2.28. The van der Waals surface area contributed by atoms with Crippen molar-refractivity contribution in [3.8, 4) is 0 Å². The van der Waals surface area contributed by atoms with Crippen LogP contribution in [0.5, 0.6) is 0 Å². The molecule has 0 aromatic heterocycles. The molecule has 8 heteroatoms. The normalized spacial score (nSPS) is 20.8. The minimum atomic E-state index is -4.43. The Morgan fingerprint density at radius 1 is 1.13 bits per heavy atom. The molecule has 0 aliphatic carbocycles. The standard InChI is InChI=1S/C22H25F3N4O/c1-28-7-9-29(10-8-28)17-4-2-3-14(12-17)19(22(23,24)25)20-18-6-5-15(21(26)30)11-16(18)13-27-20/h2-6,11-12,19-20,27H,7-10,13H2,1H3,(H2,26,30)/t19-,20?/m1/s1. The van der Waals surface area contributed by atoms with Gasteiger partial charge in [0.1, 0.15) is 0 Å².